The van der Waals surface area contributed by atoms with E-state index in [1.165, 1.54) is 6.08 Å². The number of halogens is 2. The van der Waals surface area contributed by atoms with E-state index in [1.54, 1.807) is 41.0 Å². The van der Waals surface area contributed by atoms with Crippen molar-refractivity contribution in [3.8, 4) is 0 Å². The molecule has 0 saturated carbocycles. The number of nitrogens with zero attached hydrogens (tertiary/aromatic N) is 2. The van der Waals surface area contributed by atoms with E-state index in [1.807, 2.05) is 0 Å². The van der Waals surface area contributed by atoms with Gasteiger partial charge in [0, 0.05) is 32.1 Å². The largest absolute Gasteiger partial charge is 0.339 e. The first-order valence-electron chi connectivity index (χ1n) is 8.10. The van der Waals surface area contributed by atoms with Crippen LogP contribution < -0.4 is 0 Å². The molecule has 0 bridgehead atoms. The Morgan fingerprint density at radius 1 is 1.28 bits per heavy atom. The van der Waals surface area contributed by atoms with Crippen LogP contribution in [0.1, 0.15) is 25.3 Å². The summed E-state index contributed by atoms with van der Waals surface area (Å²) >= 11 is 11.8. The van der Waals surface area contributed by atoms with Crippen molar-refractivity contribution in [2.24, 2.45) is 0 Å². The fourth-order valence-electron chi connectivity index (χ4n) is 2.70. The standard InChI is InChI=1S/C18H20Cl2N2O3/c1-13-18(25)21(8-2-3-11-23)9-10-22(13)17(24)7-5-14-4-6-15(19)16(20)12-14/h4-7,11-13H,2-3,8-10H2,1H3. The van der Waals surface area contributed by atoms with Crippen LogP contribution in [0, 0.1) is 0 Å². The topological polar surface area (TPSA) is 57.7 Å². The highest BCUT2D eigenvalue weighted by Gasteiger charge is 2.32. The summed E-state index contributed by atoms with van der Waals surface area (Å²) in [5.74, 6) is -0.312. The van der Waals surface area contributed by atoms with Crippen molar-refractivity contribution in [3.63, 3.8) is 0 Å². The van der Waals surface area contributed by atoms with E-state index in [0.29, 0.717) is 42.5 Å². The third-order valence-electron chi connectivity index (χ3n) is 4.14. The van der Waals surface area contributed by atoms with Gasteiger partial charge in [0.1, 0.15) is 12.3 Å². The van der Waals surface area contributed by atoms with Gasteiger partial charge in [0.25, 0.3) is 0 Å². The summed E-state index contributed by atoms with van der Waals surface area (Å²) in [6.07, 6.45) is 5.02. The minimum absolute atomic E-state index is 0.0894. The first-order chi connectivity index (χ1) is 11.9. The van der Waals surface area contributed by atoms with Crippen LogP contribution >= 0.6 is 23.2 Å². The maximum absolute atomic E-state index is 12.4. The average Bonchev–Trinajstić information content (AvgIpc) is 2.59. The van der Waals surface area contributed by atoms with E-state index in [0.717, 1.165) is 11.8 Å². The van der Waals surface area contributed by atoms with Gasteiger partial charge < -0.3 is 14.6 Å². The van der Waals surface area contributed by atoms with Crippen molar-refractivity contribution in [1.82, 2.24) is 9.80 Å². The maximum atomic E-state index is 12.4. The predicted molar refractivity (Wildman–Crippen MR) is 98.5 cm³/mol. The van der Waals surface area contributed by atoms with E-state index in [9.17, 15) is 14.4 Å². The SMILES string of the molecule is CC1C(=O)N(CCCC=O)CCN1C(=O)C=Cc1ccc(Cl)c(Cl)c1. The van der Waals surface area contributed by atoms with E-state index in [4.69, 9.17) is 23.2 Å². The van der Waals surface area contributed by atoms with E-state index >= 15 is 0 Å². The number of piperazine rings is 1. The molecule has 0 aliphatic carbocycles. The molecule has 25 heavy (non-hydrogen) atoms. The van der Waals surface area contributed by atoms with Crippen LogP contribution in [-0.4, -0.2) is 53.6 Å². The lowest BCUT2D eigenvalue weighted by Crippen LogP contribution is -2.57. The first kappa shape index (κ1) is 19.5. The van der Waals surface area contributed by atoms with Gasteiger partial charge in [-0.2, -0.15) is 0 Å². The number of benzene rings is 1. The number of carbonyl (C=O) groups excluding carboxylic acids is 3. The lowest BCUT2D eigenvalue weighted by atomic mass is 10.1. The molecule has 1 aromatic rings. The number of hydrogen-bond acceptors (Lipinski definition) is 3. The van der Waals surface area contributed by atoms with Gasteiger partial charge in [0.15, 0.2) is 0 Å². The van der Waals surface area contributed by atoms with Crippen LogP contribution in [0.15, 0.2) is 24.3 Å². The van der Waals surface area contributed by atoms with Gasteiger partial charge in [-0.25, -0.2) is 0 Å². The van der Waals surface area contributed by atoms with Gasteiger partial charge in [0.2, 0.25) is 11.8 Å². The summed E-state index contributed by atoms with van der Waals surface area (Å²) in [6, 6.07) is 4.58. The highest BCUT2D eigenvalue weighted by atomic mass is 35.5. The molecule has 2 amide bonds. The molecule has 7 heteroatoms. The van der Waals surface area contributed by atoms with Gasteiger partial charge in [0.05, 0.1) is 10.0 Å². The maximum Gasteiger partial charge on any atom is 0.247 e. The smallest absolute Gasteiger partial charge is 0.247 e. The molecule has 0 spiro atoms. The molecule has 1 unspecified atom stereocenters. The lowest BCUT2D eigenvalue weighted by Gasteiger charge is -2.38. The number of unbranched alkanes of at least 4 members (excludes halogenated alkanes) is 1. The molecule has 1 aromatic carbocycles. The summed E-state index contributed by atoms with van der Waals surface area (Å²) in [5, 5.41) is 0.874. The second-order valence-electron chi connectivity index (χ2n) is 5.85. The van der Waals surface area contributed by atoms with Crippen molar-refractivity contribution < 1.29 is 14.4 Å². The highest BCUT2D eigenvalue weighted by Crippen LogP contribution is 2.23. The first-order valence-corrected chi connectivity index (χ1v) is 8.85. The molecule has 1 saturated heterocycles. The molecule has 0 radical (unpaired) electrons. The molecule has 1 heterocycles. The summed E-state index contributed by atoms with van der Waals surface area (Å²) in [5.41, 5.74) is 0.759. The van der Waals surface area contributed by atoms with Gasteiger partial charge in [-0.1, -0.05) is 29.3 Å². The Hall–Kier alpha value is -1.85. The van der Waals surface area contributed by atoms with Crippen molar-refractivity contribution >= 4 is 47.4 Å². The molecule has 5 nitrogen and oxygen atoms in total. The molecular weight excluding hydrogens is 363 g/mol. The van der Waals surface area contributed by atoms with Crippen LogP contribution in [0.4, 0.5) is 0 Å². The van der Waals surface area contributed by atoms with Gasteiger partial charge in [-0.05, 0) is 37.1 Å². The normalized spacial score (nSPS) is 18.0. The summed E-state index contributed by atoms with van der Waals surface area (Å²) in [4.78, 5) is 38.4. The molecule has 134 valence electrons. The molecule has 1 aliphatic rings. The average molecular weight is 383 g/mol. The minimum Gasteiger partial charge on any atom is -0.339 e. The molecular formula is C18H20Cl2N2O3. The Morgan fingerprint density at radius 2 is 2.04 bits per heavy atom. The van der Waals surface area contributed by atoms with Crippen molar-refractivity contribution in [2.45, 2.75) is 25.8 Å². The fourth-order valence-corrected chi connectivity index (χ4v) is 3.00. The molecule has 1 aliphatic heterocycles. The summed E-state index contributed by atoms with van der Waals surface area (Å²) in [7, 11) is 0. The Balaban J connectivity index is 1.98. The Kier molecular flexibility index (Phi) is 7.02. The van der Waals surface area contributed by atoms with Gasteiger partial charge >= 0.3 is 0 Å². The monoisotopic (exact) mass is 382 g/mol. The molecule has 1 atom stereocenters. The summed E-state index contributed by atoms with van der Waals surface area (Å²) < 4.78 is 0. The molecule has 1 fully saturated rings. The Morgan fingerprint density at radius 3 is 2.72 bits per heavy atom. The van der Waals surface area contributed by atoms with Crippen LogP contribution in [0.2, 0.25) is 10.0 Å². The zero-order chi connectivity index (χ0) is 18.4. The fraction of sp³-hybridized carbons (Fsp3) is 0.389. The highest BCUT2D eigenvalue weighted by molar-refractivity contribution is 6.42. The summed E-state index contributed by atoms with van der Waals surface area (Å²) in [6.45, 7) is 3.22. The van der Waals surface area contributed by atoms with E-state index < -0.39 is 6.04 Å². The zero-order valence-corrected chi connectivity index (χ0v) is 15.5. The quantitative estimate of drug-likeness (QED) is 0.431. The second-order valence-corrected chi connectivity index (χ2v) is 6.66. The van der Waals surface area contributed by atoms with Crippen molar-refractivity contribution in [3.05, 3.63) is 39.9 Å². The van der Waals surface area contributed by atoms with Crippen LogP contribution in [0.3, 0.4) is 0 Å². The number of amides is 2. The van der Waals surface area contributed by atoms with E-state index in [-0.39, 0.29) is 11.8 Å². The Labute approximate surface area is 157 Å². The van der Waals surface area contributed by atoms with Gasteiger partial charge in [-0.3, -0.25) is 9.59 Å². The number of rotatable bonds is 6. The predicted octanol–water partition coefficient (Wildman–Crippen LogP) is 3.05. The minimum atomic E-state index is -0.518. The molecule has 2 rings (SSSR count). The van der Waals surface area contributed by atoms with Crippen LogP contribution in [0.5, 0.6) is 0 Å². The number of carbonyl (C=O) groups is 3. The van der Waals surface area contributed by atoms with Gasteiger partial charge in [-0.15, -0.1) is 0 Å². The van der Waals surface area contributed by atoms with Crippen LogP contribution in [-0.2, 0) is 14.4 Å². The van der Waals surface area contributed by atoms with Crippen LogP contribution in [0.25, 0.3) is 6.08 Å². The number of aldehydes is 1. The van der Waals surface area contributed by atoms with E-state index in [2.05, 4.69) is 0 Å². The Bertz CT molecular complexity index is 691. The lowest BCUT2D eigenvalue weighted by molar-refractivity contribution is -0.148. The van der Waals surface area contributed by atoms with Crippen molar-refractivity contribution in [1.29, 1.82) is 0 Å². The third kappa shape index (κ3) is 5.06. The molecule has 0 N–H and O–H groups in total. The number of hydrogen-bond donors (Lipinski definition) is 0. The van der Waals surface area contributed by atoms with Crippen molar-refractivity contribution in [2.75, 3.05) is 19.6 Å². The third-order valence-corrected chi connectivity index (χ3v) is 4.88. The zero-order valence-electron chi connectivity index (χ0n) is 14.0. The molecule has 0 aromatic heterocycles. The second kappa shape index (κ2) is 9.02.